The van der Waals surface area contributed by atoms with Gasteiger partial charge in [0, 0.05) is 24.8 Å². The zero-order valence-corrected chi connectivity index (χ0v) is 10.4. The van der Waals surface area contributed by atoms with Crippen LogP contribution in [0.3, 0.4) is 0 Å². The molecule has 1 fully saturated rings. The summed E-state index contributed by atoms with van der Waals surface area (Å²) in [6.45, 7) is 1.04. The Kier molecular flexibility index (Phi) is 3.63. The highest BCUT2D eigenvalue weighted by atomic mass is 32.2. The van der Waals surface area contributed by atoms with Crippen LogP contribution in [-0.4, -0.2) is 43.1 Å². The summed E-state index contributed by atoms with van der Waals surface area (Å²) in [5.74, 6) is 1.10. The van der Waals surface area contributed by atoms with Crippen LogP contribution in [0.25, 0.3) is 0 Å². The minimum Gasteiger partial charge on any atom is -0.392 e. The molecule has 1 aromatic rings. The second-order valence-corrected chi connectivity index (χ2v) is 6.44. The van der Waals surface area contributed by atoms with Gasteiger partial charge >= 0.3 is 0 Å². The van der Waals surface area contributed by atoms with E-state index >= 15 is 0 Å². The number of nitrogens with zero attached hydrogens (tertiary/aromatic N) is 2. The van der Waals surface area contributed by atoms with E-state index in [4.69, 9.17) is 0 Å². The molecule has 1 saturated heterocycles. The number of anilines is 1. The van der Waals surface area contributed by atoms with Gasteiger partial charge in [-0.2, -0.15) is 0 Å². The van der Waals surface area contributed by atoms with Crippen molar-refractivity contribution in [1.82, 2.24) is 4.98 Å². The summed E-state index contributed by atoms with van der Waals surface area (Å²) in [4.78, 5) is 6.17. The summed E-state index contributed by atoms with van der Waals surface area (Å²) in [7, 11) is -2.91. The molecule has 0 aliphatic carbocycles. The maximum absolute atomic E-state index is 11.5. The molecule has 1 N–H and O–H groups in total. The highest BCUT2D eigenvalue weighted by Gasteiger charge is 2.21. The summed E-state index contributed by atoms with van der Waals surface area (Å²) < 4.78 is 23.0. The molecule has 94 valence electrons. The van der Waals surface area contributed by atoms with Crippen LogP contribution in [0.5, 0.6) is 0 Å². The molecular formula is C11H16N2O3S. The van der Waals surface area contributed by atoms with Crippen molar-refractivity contribution in [2.24, 2.45) is 0 Å². The average Bonchev–Trinajstić information content (AvgIpc) is 2.50. The molecule has 1 aromatic heterocycles. The Labute approximate surface area is 101 Å². The van der Waals surface area contributed by atoms with Crippen LogP contribution in [0.4, 0.5) is 5.82 Å². The van der Waals surface area contributed by atoms with Gasteiger partial charge in [0.2, 0.25) is 0 Å². The molecule has 0 spiro atoms. The predicted molar refractivity (Wildman–Crippen MR) is 65.6 cm³/mol. The number of hydrogen-bond donors (Lipinski definition) is 1. The maximum atomic E-state index is 11.5. The molecule has 2 rings (SSSR count). The van der Waals surface area contributed by atoms with Gasteiger partial charge in [-0.1, -0.05) is 6.07 Å². The smallest absolute Gasteiger partial charge is 0.152 e. The van der Waals surface area contributed by atoms with E-state index in [-0.39, 0.29) is 18.1 Å². The van der Waals surface area contributed by atoms with Crippen molar-refractivity contribution in [1.29, 1.82) is 0 Å². The fraction of sp³-hybridized carbons (Fsp3) is 0.545. The maximum Gasteiger partial charge on any atom is 0.152 e. The van der Waals surface area contributed by atoms with Crippen LogP contribution in [0, 0.1) is 0 Å². The highest BCUT2D eigenvalue weighted by Crippen LogP contribution is 2.19. The number of hydrogen-bond acceptors (Lipinski definition) is 5. The number of sulfone groups is 1. The Bertz CT molecular complexity index is 487. The van der Waals surface area contributed by atoms with Crippen LogP contribution in [0.15, 0.2) is 18.3 Å². The van der Waals surface area contributed by atoms with E-state index < -0.39 is 9.84 Å². The molecule has 0 aromatic carbocycles. The lowest BCUT2D eigenvalue weighted by atomic mass is 10.2. The molecule has 0 amide bonds. The van der Waals surface area contributed by atoms with Crippen LogP contribution in [0.1, 0.15) is 12.0 Å². The van der Waals surface area contributed by atoms with Crippen molar-refractivity contribution in [3.05, 3.63) is 23.9 Å². The molecule has 0 bridgehead atoms. The minimum atomic E-state index is -2.91. The van der Waals surface area contributed by atoms with Gasteiger partial charge in [-0.25, -0.2) is 13.4 Å². The zero-order valence-electron chi connectivity index (χ0n) is 9.54. The predicted octanol–water partition coefficient (Wildman–Crippen LogP) is 0.199. The Morgan fingerprint density at radius 1 is 1.35 bits per heavy atom. The summed E-state index contributed by atoms with van der Waals surface area (Å²) in [5.41, 5.74) is 0.742. The van der Waals surface area contributed by atoms with E-state index in [9.17, 15) is 13.5 Å². The monoisotopic (exact) mass is 256 g/mol. The van der Waals surface area contributed by atoms with Crippen molar-refractivity contribution < 1.29 is 13.5 Å². The molecule has 0 saturated carbocycles. The van der Waals surface area contributed by atoms with Crippen molar-refractivity contribution in [3.63, 3.8) is 0 Å². The van der Waals surface area contributed by atoms with E-state index in [1.54, 1.807) is 12.3 Å². The molecule has 1 aliphatic rings. The first-order valence-electron chi connectivity index (χ1n) is 5.62. The molecule has 6 heteroatoms. The lowest BCUT2D eigenvalue weighted by molar-refractivity contribution is 0.281. The van der Waals surface area contributed by atoms with Crippen LogP contribution in [-0.2, 0) is 16.4 Å². The van der Waals surface area contributed by atoms with Crippen LogP contribution < -0.4 is 4.90 Å². The largest absolute Gasteiger partial charge is 0.392 e. The van der Waals surface area contributed by atoms with Gasteiger partial charge in [0.1, 0.15) is 5.82 Å². The molecule has 5 nitrogen and oxygen atoms in total. The van der Waals surface area contributed by atoms with E-state index in [1.807, 2.05) is 11.0 Å². The molecule has 0 radical (unpaired) electrons. The third kappa shape index (κ3) is 2.95. The standard InChI is InChI=1S/C11H16N2O3S/c14-9-10-3-1-4-12-11(10)13-5-2-7-17(15,16)8-6-13/h1,3-4,14H,2,5-9H2. The van der Waals surface area contributed by atoms with Crippen molar-refractivity contribution in [3.8, 4) is 0 Å². The van der Waals surface area contributed by atoms with Crippen molar-refractivity contribution in [2.45, 2.75) is 13.0 Å². The van der Waals surface area contributed by atoms with Gasteiger partial charge in [-0.05, 0) is 12.5 Å². The first kappa shape index (κ1) is 12.3. The SMILES string of the molecule is O=S1(=O)CCCN(c2ncccc2CO)CC1. The van der Waals surface area contributed by atoms with E-state index in [2.05, 4.69) is 4.98 Å². The van der Waals surface area contributed by atoms with Gasteiger partial charge in [0.15, 0.2) is 9.84 Å². The van der Waals surface area contributed by atoms with Gasteiger partial charge < -0.3 is 10.0 Å². The van der Waals surface area contributed by atoms with Gasteiger partial charge in [0.05, 0.1) is 18.1 Å². The highest BCUT2D eigenvalue weighted by molar-refractivity contribution is 7.91. The lowest BCUT2D eigenvalue weighted by Crippen LogP contribution is -2.28. The third-order valence-corrected chi connectivity index (χ3v) is 4.61. The fourth-order valence-corrected chi connectivity index (χ4v) is 3.26. The quantitative estimate of drug-likeness (QED) is 0.818. The van der Waals surface area contributed by atoms with Gasteiger partial charge in [0.25, 0.3) is 0 Å². The second kappa shape index (κ2) is 5.01. The number of aromatic nitrogens is 1. The van der Waals surface area contributed by atoms with E-state index in [1.165, 1.54) is 0 Å². The Morgan fingerprint density at radius 3 is 2.94 bits per heavy atom. The molecule has 1 aliphatic heterocycles. The normalized spacial score (nSPS) is 19.9. The lowest BCUT2D eigenvalue weighted by Gasteiger charge is -2.22. The van der Waals surface area contributed by atoms with E-state index in [0.717, 1.165) is 5.56 Å². The topological polar surface area (TPSA) is 70.5 Å². The minimum absolute atomic E-state index is 0.0770. The molecular weight excluding hydrogens is 240 g/mol. The first-order chi connectivity index (χ1) is 8.12. The number of aliphatic hydroxyl groups excluding tert-OH is 1. The Hall–Kier alpha value is -1.14. The van der Waals surface area contributed by atoms with Crippen LogP contribution >= 0.6 is 0 Å². The fourth-order valence-electron chi connectivity index (χ4n) is 1.99. The molecule has 0 atom stereocenters. The third-order valence-electron chi connectivity index (χ3n) is 2.89. The second-order valence-electron chi connectivity index (χ2n) is 4.14. The first-order valence-corrected chi connectivity index (χ1v) is 7.45. The van der Waals surface area contributed by atoms with E-state index in [0.29, 0.717) is 25.3 Å². The Balaban J connectivity index is 2.22. The van der Waals surface area contributed by atoms with Gasteiger partial charge in [-0.15, -0.1) is 0 Å². The summed E-state index contributed by atoms with van der Waals surface area (Å²) >= 11 is 0. The summed E-state index contributed by atoms with van der Waals surface area (Å²) in [6.07, 6.45) is 2.28. The number of rotatable bonds is 2. The summed E-state index contributed by atoms with van der Waals surface area (Å²) in [6, 6.07) is 3.57. The van der Waals surface area contributed by atoms with Crippen molar-refractivity contribution in [2.75, 3.05) is 29.5 Å². The zero-order chi connectivity index (χ0) is 12.3. The van der Waals surface area contributed by atoms with Gasteiger partial charge in [-0.3, -0.25) is 0 Å². The van der Waals surface area contributed by atoms with Crippen LogP contribution in [0.2, 0.25) is 0 Å². The Morgan fingerprint density at radius 2 is 2.18 bits per heavy atom. The summed E-state index contributed by atoms with van der Waals surface area (Å²) in [5, 5.41) is 9.24. The van der Waals surface area contributed by atoms with Crippen molar-refractivity contribution >= 4 is 15.7 Å². The molecule has 0 unspecified atom stereocenters. The average molecular weight is 256 g/mol. The number of pyridine rings is 1. The molecule has 2 heterocycles. The molecule has 17 heavy (non-hydrogen) atoms. The number of aliphatic hydroxyl groups is 1.